The summed E-state index contributed by atoms with van der Waals surface area (Å²) in [4.78, 5) is 55.9. The first-order chi connectivity index (χ1) is 18.7. The van der Waals surface area contributed by atoms with Crippen molar-refractivity contribution >= 4 is 23.9 Å². The molecule has 0 aliphatic heterocycles. The fraction of sp³-hybridized carbons (Fsp3) is 0.586. The molecule has 0 bridgehead atoms. The van der Waals surface area contributed by atoms with Gasteiger partial charge in [0.05, 0.1) is 27.4 Å². The lowest BCUT2D eigenvalue weighted by Gasteiger charge is -2.08. The summed E-state index contributed by atoms with van der Waals surface area (Å²) in [7, 11) is 2.67. The predicted molar refractivity (Wildman–Crippen MR) is 145 cm³/mol. The van der Waals surface area contributed by atoms with Crippen LogP contribution < -0.4 is 0 Å². The van der Waals surface area contributed by atoms with E-state index in [-0.39, 0.29) is 24.8 Å². The average Bonchev–Trinajstić information content (AvgIpc) is 3.41. The van der Waals surface area contributed by atoms with Crippen LogP contribution in [0.15, 0.2) is 0 Å². The Morgan fingerprint density at radius 1 is 0.667 bits per heavy atom. The van der Waals surface area contributed by atoms with E-state index < -0.39 is 11.9 Å². The molecule has 39 heavy (non-hydrogen) atoms. The molecule has 0 atom stereocenters. The van der Waals surface area contributed by atoms with E-state index in [0.717, 1.165) is 36.8 Å². The average molecular weight is 547 g/mol. The number of nitrogens with one attached hydrogen (secondary N) is 2. The van der Waals surface area contributed by atoms with Crippen LogP contribution in [0.2, 0.25) is 0 Å². The van der Waals surface area contributed by atoms with Gasteiger partial charge >= 0.3 is 23.9 Å². The maximum Gasteiger partial charge on any atom is 0.355 e. The first kappa shape index (κ1) is 31.7. The molecule has 216 valence electrons. The molecule has 10 heteroatoms. The van der Waals surface area contributed by atoms with E-state index in [1.54, 1.807) is 0 Å². The van der Waals surface area contributed by atoms with Crippen molar-refractivity contribution in [1.82, 2.24) is 9.97 Å². The largest absolute Gasteiger partial charge is 0.469 e. The predicted octanol–water partition coefficient (Wildman–Crippen LogP) is 4.68. The highest BCUT2D eigenvalue weighted by Gasteiger charge is 2.25. The molecule has 0 amide bonds. The van der Waals surface area contributed by atoms with Gasteiger partial charge in [-0.15, -0.1) is 0 Å². The molecule has 2 rings (SSSR count). The third-order valence-electron chi connectivity index (χ3n) is 6.77. The van der Waals surface area contributed by atoms with Crippen LogP contribution in [0.1, 0.15) is 107 Å². The molecule has 0 saturated carbocycles. The first-order valence-corrected chi connectivity index (χ1v) is 13.6. The van der Waals surface area contributed by atoms with Crippen LogP contribution in [0.4, 0.5) is 0 Å². The molecule has 2 N–H and O–H groups in total. The molecule has 0 unspecified atom stereocenters. The molecule has 0 aliphatic rings. The summed E-state index contributed by atoms with van der Waals surface area (Å²) in [6, 6.07) is 0. The van der Waals surface area contributed by atoms with Crippen LogP contribution in [0.5, 0.6) is 0 Å². The number of carbonyl (C=O) groups is 4. The monoisotopic (exact) mass is 546 g/mol. The zero-order chi connectivity index (χ0) is 28.9. The number of hydrogen-bond donors (Lipinski definition) is 2. The molecule has 2 heterocycles. The molecule has 10 nitrogen and oxygen atoms in total. The molecular weight excluding hydrogens is 504 g/mol. The highest BCUT2D eigenvalue weighted by atomic mass is 16.5. The van der Waals surface area contributed by atoms with Gasteiger partial charge in [-0.3, -0.25) is 9.59 Å². The van der Waals surface area contributed by atoms with Gasteiger partial charge in [-0.05, 0) is 61.8 Å². The third kappa shape index (κ3) is 8.73. The van der Waals surface area contributed by atoms with Crippen molar-refractivity contribution in [3.05, 3.63) is 45.0 Å². The summed E-state index contributed by atoms with van der Waals surface area (Å²) in [5.41, 5.74) is 5.11. The molecule has 2 aromatic heterocycles. The van der Waals surface area contributed by atoms with E-state index in [0.29, 0.717) is 66.4 Å². The number of esters is 4. The normalized spacial score (nSPS) is 10.8. The Hall–Kier alpha value is -3.56. The van der Waals surface area contributed by atoms with E-state index in [2.05, 4.69) is 9.97 Å². The van der Waals surface area contributed by atoms with Crippen LogP contribution in [0, 0.1) is 13.8 Å². The van der Waals surface area contributed by atoms with Crippen molar-refractivity contribution in [2.24, 2.45) is 0 Å². The van der Waals surface area contributed by atoms with Crippen LogP contribution in [0.3, 0.4) is 0 Å². The minimum Gasteiger partial charge on any atom is -0.469 e. The molecule has 0 aliphatic carbocycles. The fourth-order valence-corrected chi connectivity index (χ4v) is 4.38. The lowest BCUT2D eigenvalue weighted by atomic mass is 9.98. The van der Waals surface area contributed by atoms with Crippen molar-refractivity contribution in [2.75, 3.05) is 27.4 Å². The Bertz CT molecular complexity index is 1060. The quantitative estimate of drug-likeness (QED) is 0.176. The second-order valence-corrected chi connectivity index (χ2v) is 9.47. The Morgan fingerprint density at radius 3 is 1.38 bits per heavy atom. The number of H-pyrrole nitrogens is 2. The van der Waals surface area contributed by atoms with Gasteiger partial charge in [0.15, 0.2) is 0 Å². The second kappa shape index (κ2) is 15.8. The van der Waals surface area contributed by atoms with Gasteiger partial charge in [0.25, 0.3) is 0 Å². The first-order valence-electron chi connectivity index (χ1n) is 13.6. The van der Waals surface area contributed by atoms with Crippen molar-refractivity contribution < 1.29 is 38.1 Å². The van der Waals surface area contributed by atoms with Crippen LogP contribution in [0.25, 0.3) is 0 Å². The van der Waals surface area contributed by atoms with E-state index in [4.69, 9.17) is 18.9 Å². The minimum absolute atomic E-state index is 0.139. The van der Waals surface area contributed by atoms with E-state index in [1.165, 1.54) is 14.2 Å². The van der Waals surface area contributed by atoms with Crippen molar-refractivity contribution in [3.63, 3.8) is 0 Å². The number of ether oxygens (including phenoxy) is 4. The van der Waals surface area contributed by atoms with Gasteiger partial charge in [-0.1, -0.05) is 26.7 Å². The SMILES string of the molecule is CCCCOC(=O)c1[nH]c(Cc2[nH]c(C(=O)OCCCC)c(C)c2CCC(=O)OC)c(CCC(=O)OC)c1C. The zero-order valence-corrected chi connectivity index (χ0v) is 24.0. The fourth-order valence-electron chi connectivity index (χ4n) is 4.38. The van der Waals surface area contributed by atoms with Gasteiger partial charge in [0.2, 0.25) is 0 Å². The summed E-state index contributed by atoms with van der Waals surface area (Å²) < 4.78 is 20.5. The highest BCUT2D eigenvalue weighted by Crippen LogP contribution is 2.28. The Labute approximate surface area is 230 Å². The van der Waals surface area contributed by atoms with Gasteiger partial charge < -0.3 is 28.9 Å². The van der Waals surface area contributed by atoms with Gasteiger partial charge in [-0.25, -0.2) is 9.59 Å². The number of rotatable bonds is 16. The summed E-state index contributed by atoms with van der Waals surface area (Å²) in [5.74, 6) is -1.64. The number of aromatic nitrogens is 2. The Kier molecular flexibility index (Phi) is 12.8. The van der Waals surface area contributed by atoms with Crippen LogP contribution in [-0.4, -0.2) is 61.3 Å². The van der Waals surface area contributed by atoms with Crippen molar-refractivity contribution in [3.8, 4) is 0 Å². The van der Waals surface area contributed by atoms with Crippen molar-refractivity contribution in [1.29, 1.82) is 0 Å². The number of hydrogen-bond acceptors (Lipinski definition) is 8. The Balaban J connectivity index is 2.49. The van der Waals surface area contributed by atoms with Crippen LogP contribution in [-0.2, 0) is 47.8 Å². The number of aromatic amines is 2. The molecule has 2 aromatic rings. The van der Waals surface area contributed by atoms with Gasteiger partial charge in [-0.2, -0.15) is 0 Å². The van der Waals surface area contributed by atoms with E-state index in [1.807, 2.05) is 27.7 Å². The standard InChI is InChI=1S/C29H42N2O8/c1-7-9-15-38-28(34)26-18(3)20(11-13-24(32)36-5)22(30-26)17-23-21(12-14-25(33)37-6)19(4)27(31-23)29(35)39-16-10-8-2/h30-31H,7-17H2,1-6H3. The lowest BCUT2D eigenvalue weighted by molar-refractivity contribution is -0.141. The maximum atomic E-state index is 12.8. The van der Waals surface area contributed by atoms with E-state index in [9.17, 15) is 19.2 Å². The highest BCUT2D eigenvalue weighted by molar-refractivity contribution is 5.91. The topological polar surface area (TPSA) is 137 Å². The van der Waals surface area contributed by atoms with Crippen molar-refractivity contribution in [2.45, 2.75) is 85.5 Å². The Morgan fingerprint density at radius 2 is 1.05 bits per heavy atom. The van der Waals surface area contributed by atoms with E-state index >= 15 is 0 Å². The summed E-state index contributed by atoms with van der Waals surface area (Å²) in [6.07, 6.45) is 4.62. The summed E-state index contributed by atoms with van der Waals surface area (Å²) in [5, 5.41) is 0. The summed E-state index contributed by atoms with van der Waals surface area (Å²) >= 11 is 0. The molecule has 0 fully saturated rings. The van der Waals surface area contributed by atoms with Gasteiger partial charge in [0, 0.05) is 30.7 Å². The smallest absolute Gasteiger partial charge is 0.355 e. The third-order valence-corrected chi connectivity index (χ3v) is 6.77. The number of methoxy groups -OCH3 is 2. The summed E-state index contributed by atoms with van der Waals surface area (Å²) in [6.45, 7) is 8.30. The molecular formula is C29H42N2O8. The molecule has 0 radical (unpaired) electrons. The number of unbranched alkanes of at least 4 members (excludes halogenated alkanes) is 2. The van der Waals surface area contributed by atoms with Gasteiger partial charge in [0.1, 0.15) is 11.4 Å². The zero-order valence-electron chi connectivity index (χ0n) is 24.0. The minimum atomic E-state index is -0.458. The maximum absolute atomic E-state index is 12.8. The second-order valence-electron chi connectivity index (χ2n) is 9.47. The van der Waals surface area contributed by atoms with Crippen LogP contribution >= 0.6 is 0 Å². The number of carbonyl (C=O) groups excluding carboxylic acids is 4. The molecule has 0 saturated heterocycles. The molecule has 0 spiro atoms. The lowest BCUT2D eigenvalue weighted by Crippen LogP contribution is -2.08. The molecule has 0 aromatic carbocycles.